The molecule has 12 heavy (non-hydrogen) atoms. The van der Waals surface area contributed by atoms with E-state index in [2.05, 4.69) is 15.9 Å². The summed E-state index contributed by atoms with van der Waals surface area (Å²) in [6.45, 7) is 10.8. The van der Waals surface area contributed by atoms with Gasteiger partial charge in [-0.05, 0) is 34.6 Å². The molecule has 0 aliphatic heterocycles. The van der Waals surface area contributed by atoms with E-state index in [1.54, 1.807) is 0 Å². The second kappa shape index (κ2) is 4.26. The molecule has 0 heterocycles. The van der Waals surface area contributed by atoms with Crippen molar-refractivity contribution in [1.29, 1.82) is 0 Å². The summed E-state index contributed by atoms with van der Waals surface area (Å²) in [5, 5.41) is 0. The van der Waals surface area contributed by atoms with E-state index < -0.39 is 0 Å². The molecule has 2 nitrogen and oxygen atoms in total. The number of halogens is 1. The monoisotopic (exact) mass is 235 g/mol. The molecule has 0 aliphatic rings. The molecule has 0 N–H and O–H groups in total. The minimum atomic E-state index is -0.0864. The quantitative estimate of drug-likeness (QED) is 0.674. The zero-order valence-electron chi connectivity index (χ0n) is 8.52. The molecule has 0 spiro atoms. The second-order valence-corrected chi connectivity index (χ2v) is 5.24. The fraction of sp³-hybridized carbons (Fsp3) is 0.889. The zero-order valence-corrected chi connectivity index (χ0v) is 10.1. The Morgan fingerprint density at radius 3 is 2.00 bits per heavy atom. The first-order chi connectivity index (χ1) is 5.30. The van der Waals surface area contributed by atoms with Gasteiger partial charge >= 0.3 is 0 Å². The third-order valence-electron chi connectivity index (χ3n) is 1.73. The minimum absolute atomic E-state index is 0.0755. The molecule has 0 aliphatic carbocycles. The van der Waals surface area contributed by atoms with Crippen LogP contribution in [0.25, 0.3) is 0 Å². The van der Waals surface area contributed by atoms with E-state index in [9.17, 15) is 4.79 Å². The van der Waals surface area contributed by atoms with Gasteiger partial charge in [0.25, 0.3) is 0 Å². The van der Waals surface area contributed by atoms with E-state index in [-0.39, 0.29) is 16.3 Å². The zero-order chi connectivity index (χ0) is 9.94. The highest BCUT2D eigenvalue weighted by molar-refractivity contribution is 9.10. The van der Waals surface area contributed by atoms with Crippen molar-refractivity contribution >= 4 is 21.8 Å². The van der Waals surface area contributed by atoms with Gasteiger partial charge in [-0.2, -0.15) is 0 Å². The van der Waals surface area contributed by atoms with Gasteiger partial charge < -0.3 is 4.90 Å². The molecule has 3 heteroatoms. The molecule has 0 aromatic carbocycles. The molecule has 0 aromatic heterocycles. The molecule has 0 radical (unpaired) electrons. The van der Waals surface area contributed by atoms with Crippen LogP contribution in [0.1, 0.15) is 34.6 Å². The molecular weight excluding hydrogens is 218 g/mol. The van der Waals surface area contributed by atoms with Gasteiger partial charge in [-0.1, -0.05) is 15.9 Å². The number of hydrogen-bond acceptors (Lipinski definition) is 1. The predicted molar refractivity (Wildman–Crippen MR) is 55.5 cm³/mol. The van der Waals surface area contributed by atoms with Gasteiger partial charge in [0.05, 0.1) is 4.83 Å². The lowest BCUT2D eigenvalue weighted by Gasteiger charge is -2.35. The Hall–Kier alpha value is -0.0500. The van der Waals surface area contributed by atoms with E-state index in [1.165, 1.54) is 0 Å². The van der Waals surface area contributed by atoms with Crippen LogP contribution < -0.4 is 0 Å². The summed E-state index contributed by atoms with van der Waals surface area (Å²) < 4.78 is 0. The number of carbonyl (C=O) groups excluding carboxylic acids is 1. The Balaban J connectivity index is 4.47. The first-order valence-electron chi connectivity index (χ1n) is 4.26. The van der Waals surface area contributed by atoms with Crippen molar-refractivity contribution in [1.82, 2.24) is 4.90 Å². The molecule has 1 unspecified atom stereocenters. The van der Waals surface area contributed by atoms with Crippen LogP contribution in [0.2, 0.25) is 0 Å². The molecule has 0 fully saturated rings. The smallest absolute Gasteiger partial charge is 0.236 e. The maximum absolute atomic E-state index is 11.6. The number of alkyl halides is 1. The first kappa shape index (κ1) is 11.9. The molecule has 0 aromatic rings. The van der Waals surface area contributed by atoms with Crippen molar-refractivity contribution in [3.8, 4) is 0 Å². The molecule has 0 bridgehead atoms. The summed E-state index contributed by atoms with van der Waals surface area (Å²) in [4.78, 5) is 13.4. The van der Waals surface area contributed by atoms with Crippen molar-refractivity contribution in [2.45, 2.75) is 45.0 Å². The van der Waals surface area contributed by atoms with E-state index in [1.807, 2.05) is 39.5 Å². The molecule has 1 amide bonds. The molecule has 1 atom stereocenters. The number of rotatable bonds is 2. The van der Waals surface area contributed by atoms with Gasteiger partial charge in [0, 0.05) is 12.1 Å². The molecule has 72 valence electrons. The average molecular weight is 236 g/mol. The number of hydrogen-bond donors (Lipinski definition) is 0. The summed E-state index contributed by atoms with van der Waals surface area (Å²) in [7, 11) is 0. The van der Waals surface area contributed by atoms with Gasteiger partial charge in [0.2, 0.25) is 5.91 Å². The van der Waals surface area contributed by atoms with Crippen LogP contribution in [0.4, 0.5) is 0 Å². The molecule has 0 saturated carbocycles. The normalized spacial score (nSPS) is 14.2. The van der Waals surface area contributed by atoms with Crippen molar-refractivity contribution in [3.05, 3.63) is 0 Å². The average Bonchev–Trinajstić information content (AvgIpc) is 1.85. The van der Waals surface area contributed by atoms with E-state index in [0.717, 1.165) is 6.54 Å². The Morgan fingerprint density at radius 2 is 1.92 bits per heavy atom. The molecule has 0 rings (SSSR count). The molecular formula is C9H18BrNO. The van der Waals surface area contributed by atoms with Crippen molar-refractivity contribution in [2.75, 3.05) is 6.54 Å². The van der Waals surface area contributed by atoms with Gasteiger partial charge in [0.15, 0.2) is 0 Å². The number of amides is 1. The van der Waals surface area contributed by atoms with Crippen LogP contribution in [-0.4, -0.2) is 27.7 Å². The Morgan fingerprint density at radius 1 is 1.50 bits per heavy atom. The summed E-state index contributed by atoms with van der Waals surface area (Å²) in [5.41, 5.74) is -0.0755. The fourth-order valence-corrected chi connectivity index (χ4v) is 1.42. The van der Waals surface area contributed by atoms with Crippen LogP contribution in [0.15, 0.2) is 0 Å². The third kappa shape index (κ3) is 3.13. The topological polar surface area (TPSA) is 20.3 Å². The maximum Gasteiger partial charge on any atom is 0.236 e. The fourth-order valence-electron chi connectivity index (χ4n) is 1.18. The van der Waals surface area contributed by atoms with E-state index >= 15 is 0 Å². The Kier molecular flexibility index (Phi) is 4.24. The largest absolute Gasteiger partial charge is 0.337 e. The maximum atomic E-state index is 11.6. The van der Waals surface area contributed by atoms with Crippen LogP contribution in [-0.2, 0) is 4.79 Å². The Labute approximate surface area is 83.4 Å². The second-order valence-electron chi connectivity index (χ2n) is 3.87. The lowest BCUT2D eigenvalue weighted by Crippen LogP contribution is -2.47. The molecule has 0 saturated heterocycles. The SMILES string of the molecule is CCN(C(=O)C(C)Br)C(C)(C)C. The third-order valence-corrected chi connectivity index (χ3v) is 2.12. The number of nitrogens with zero attached hydrogens (tertiary/aromatic N) is 1. The highest BCUT2D eigenvalue weighted by Crippen LogP contribution is 2.16. The Bertz CT molecular complexity index is 160. The van der Waals surface area contributed by atoms with Gasteiger partial charge in [-0.3, -0.25) is 4.79 Å². The van der Waals surface area contributed by atoms with Crippen molar-refractivity contribution in [2.24, 2.45) is 0 Å². The highest BCUT2D eigenvalue weighted by Gasteiger charge is 2.26. The van der Waals surface area contributed by atoms with Crippen LogP contribution in [0.3, 0.4) is 0 Å². The van der Waals surface area contributed by atoms with Gasteiger partial charge in [-0.25, -0.2) is 0 Å². The summed E-state index contributed by atoms with van der Waals surface area (Å²) in [5.74, 6) is 0.157. The number of carbonyl (C=O) groups is 1. The van der Waals surface area contributed by atoms with E-state index in [0.29, 0.717) is 0 Å². The summed E-state index contributed by atoms with van der Waals surface area (Å²) >= 11 is 3.28. The predicted octanol–water partition coefficient (Wildman–Crippen LogP) is 2.42. The van der Waals surface area contributed by atoms with Gasteiger partial charge in [0.1, 0.15) is 0 Å². The minimum Gasteiger partial charge on any atom is -0.337 e. The van der Waals surface area contributed by atoms with Gasteiger partial charge in [-0.15, -0.1) is 0 Å². The highest BCUT2D eigenvalue weighted by atomic mass is 79.9. The summed E-state index contributed by atoms with van der Waals surface area (Å²) in [6, 6.07) is 0. The van der Waals surface area contributed by atoms with Crippen LogP contribution in [0.5, 0.6) is 0 Å². The van der Waals surface area contributed by atoms with Crippen LogP contribution >= 0.6 is 15.9 Å². The van der Waals surface area contributed by atoms with Crippen LogP contribution in [0, 0.1) is 0 Å². The first-order valence-corrected chi connectivity index (χ1v) is 5.17. The lowest BCUT2D eigenvalue weighted by molar-refractivity contribution is -0.134. The summed E-state index contributed by atoms with van der Waals surface area (Å²) in [6.07, 6.45) is 0. The van der Waals surface area contributed by atoms with Crippen molar-refractivity contribution < 1.29 is 4.79 Å². The van der Waals surface area contributed by atoms with Crippen molar-refractivity contribution in [3.63, 3.8) is 0 Å². The standard InChI is InChI=1S/C9H18BrNO/c1-6-11(9(3,4)5)8(12)7(2)10/h7H,6H2,1-5H3. The van der Waals surface area contributed by atoms with E-state index in [4.69, 9.17) is 0 Å². The lowest BCUT2D eigenvalue weighted by atomic mass is 10.1.